The zero-order valence-electron chi connectivity index (χ0n) is 30.4. The zero-order valence-corrected chi connectivity index (χ0v) is 30.4. The minimum absolute atomic E-state index is 0. The number of nitrogens with zero attached hydrogens (tertiary/aromatic N) is 1. The van der Waals surface area contributed by atoms with E-state index in [0.717, 1.165) is 0 Å². The quantitative estimate of drug-likeness (QED) is 0.0523. The van der Waals surface area contributed by atoms with Crippen LogP contribution in [-0.2, 0) is 0 Å². The van der Waals surface area contributed by atoms with Crippen LogP contribution in [0.1, 0.15) is 233 Å². The Balaban J connectivity index is 0. The summed E-state index contributed by atoms with van der Waals surface area (Å²) in [6, 6.07) is 0. The van der Waals surface area contributed by atoms with Gasteiger partial charge in [0, 0.05) is 0 Å². The first-order valence-corrected chi connectivity index (χ1v) is 20.0. The van der Waals surface area contributed by atoms with Gasteiger partial charge in [0.1, 0.15) is 0 Å². The van der Waals surface area contributed by atoms with E-state index in [1.807, 2.05) is 0 Å². The normalized spacial score (nSPS) is 11.7. The molecule has 0 aromatic rings. The van der Waals surface area contributed by atoms with Crippen molar-refractivity contribution in [3.05, 3.63) is 0 Å². The van der Waals surface area contributed by atoms with Gasteiger partial charge in [-0.15, -0.1) is 0 Å². The third kappa shape index (κ3) is 34.4. The van der Waals surface area contributed by atoms with Crippen LogP contribution in [0.3, 0.4) is 0 Å². The zero-order chi connectivity index (χ0) is 30.0. The van der Waals surface area contributed by atoms with E-state index >= 15 is 0 Å². The molecule has 0 saturated carbocycles. The standard InChI is InChI=1S/C40H84N.H2O/c1-5-8-11-14-17-20-23-26-29-32-35-38-41(4,39-36-33-30-27-24-21-18-15-12-9-6-2)40-37-34-31-28-25-22-19-16-13-10-7-3;/h5-40H2,1-4H3;1H2/q+1;/p-1. The highest BCUT2D eigenvalue weighted by atomic mass is 16.0. The van der Waals surface area contributed by atoms with Gasteiger partial charge in [-0.2, -0.15) is 0 Å². The van der Waals surface area contributed by atoms with Gasteiger partial charge in [0.25, 0.3) is 0 Å². The molecule has 0 heterocycles. The molecule has 0 amide bonds. The molecule has 2 heteroatoms. The van der Waals surface area contributed by atoms with Crippen LogP contribution in [0.5, 0.6) is 0 Å². The Hall–Kier alpha value is -0.0800. The molecule has 0 aliphatic rings. The summed E-state index contributed by atoms with van der Waals surface area (Å²) in [5, 5.41) is 0. The molecule has 0 aromatic carbocycles. The highest BCUT2D eigenvalue weighted by Crippen LogP contribution is 2.18. The van der Waals surface area contributed by atoms with Crippen molar-refractivity contribution in [2.45, 2.75) is 233 Å². The van der Waals surface area contributed by atoms with Crippen LogP contribution in [-0.4, -0.2) is 36.6 Å². The topological polar surface area (TPSA) is 30.0 Å². The summed E-state index contributed by atoms with van der Waals surface area (Å²) in [6.07, 6.45) is 48.2. The molecule has 0 unspecified atom stereocenters. The van der Waals surface area contributed by atoms with Gasteiger partial charge in [0.15, 0.2) is 0 Å². The van der Waals surface area contributed by atoms with Crippen LogP contribution in [0.15, 0.2) is 0 Å². The lowest BCUT2D eigenvalue weighted by molar-refractivity contribution is -0.910. The second-order valence-electron chi connectivity index (χ2n) is 14.4. The molecule has 0 atom stereocenters. The van der Waals surface area contributed by atoms with E-state index in [0.29, 0.717) is 0 Å². The van der Waals surface area contributed by atoms with Crippen LogP contribution in [0.2, 0.25) is 0 Å². The molecule has 42 heavy (non-hydrogen) atoms. The first-order chi connectivity index (χ1) is 20.2. The van der Waals surface area contributed by atoms with Crippen LogP contribution in [0.25, 0.3) is 0 Å². The fourth-order valence-electron chi connectivity index (χ4n) is 6.81. The van der Waals surface area contributed by atoms with Crippen molar-refractivity contribution in [2.24, 2.45) is 0 Å². The second kappa shape index (κ2) is 37.1. The SMILES string of the molecule is CCCCCCCCCCCCC[N+](C)(CCCCCCCCCCCCC)CCCCCCCCCCCCC.[OH-]. The van der Waals surface area contributed by atoms with E-state index in [4.69, 9.17) is 0 Å². The average Bonchev–Trinajstić information content (AvgIpc) is 2.97. The smallest absolute Gasteiger partial charge is 0.0784 e. The van der Waals surface area contributed by atoms with Gasteiger partial charge in [0.05, 0.1) is 26.7 Å². The van der Waals surface area contributed by atoms with Crippen molar-refractivity contribution in [3.63, 3.8) is 0 Å². The predicted octanol–water partition coefficient (Wildman–Crippen LogP) is 14.2. The Bertz CT molecular complexity index is 400. The number of hydrogen-bond donors (Lipinski definition) is 0. The third-order valence-corrected chi connectivity index (χ3v) is 9.90. The highest BCUT2D eigenvalue weighted by molar-refractivity contribution is 4.53. The largest absolute Gasteiger partial charge is 0.870 e. The molecule has 256 valence electrons. The summed E-state index contributed by atoms with van der Waals surface area (Å²) in [4.78, 5) is 0. The van der Waals surface area contributed by atoms with Gasteiger partial charge in [0.2, 0.25) is 0 Å². The average molecular weight is 596 g/mol. The summed E-state index contributed by atoms with van der Waals surface area (Å²) in [5.74, 6) is 0. The second-order valence-corrected chi connectivity index (χ2v) is 14.4. The summed E-state index contributed by atoms with van der Waals surface area (Å²) in [6.45, 7) is 11.3. The molecular formula is C40H85NO. The Morgan fingerprint density at radius 3 is 0.548 bits per heavy atom. The van der Waals surface area contributed by atoms with E-state index in [1.54, 1.807) is 0 Å². The van der Waals surface area contributed by atoms with Crippen molar-refractivity contribution in [3.8, 4) is 0 Å². The third-order valence-electron chi connectivity index (χ3n) is 9.90. The van der Waals surface area contributed by atoms with E-state index in [2.05, 4.69) is 27.8 Å². The van der Waals surface area contributed by atoms with Gasteiger partial charge in [-0.05, 0) is 38.5 Å². The van der Waals surface area contributed by atoms with Crippen LogP contribution in [0, 0.1) is 0 Å². The van der Waals surface area contributed by atoms with Crippen LogP contribution in [0.4, 0.5) is 0 Å². The maximum absolute atomic E-state index is 2.61. The number of hydrogen-bond acceptors (Lipinski definition) is 1. The molecule has 0 bridgehead atoms. The van der Waals surface area contributed by atoms with Crippen LogP contribution >= 0.6 is 0 Å². The molecule has 2 nitrogen and oxygen atoms in total. The van der Waals surface area contributed by atoms with Crippen molar-refractivity contribution < 1.29 is 9.96 Å². The van der Waals surface area contributed by atoms with Gasteiger partial charge < -0.3 is 9.96 Å². The van der Waals surface area contributed by atoms with Crippen molar-refractivity contribution in [2.75, 3.05) is 26.7 Å². The number of quaternary nitrogens is 1. The lowest BCUT2D eigenvalue weighted by Gasteiger charge is -2.35. The van der Waals surface area contributed by atoms with Gasteiger partial charge >= 0.3 is 0 Å². The van der Waals surface area contributed by atoms with Crippen LogP contribution < -0.4 is 0 Å². The fourth-order valence-corrected chi connectivity index (χ4v) is 6.81. The Kier molecular flexibility index (Phi) is 38.9. The van der Waals surface area contributed by atoms with Crippen molar-refractivity contribution >= 4 is 0 Å². The summed E-state index contributed by atoms with van der Waals surface area (Å²) >= 11 is 0. The van der Waals surface area contributed by atoms with Crippen molar-refractivity contribution in [1.29, 1.82) is 0 Å². The lowest BCUT2D eigenvalue weighted by atomic mass is 10.0. The summed E-state index contributed by atoms with van der Waals surface area (Å²) < 4.78 is 1.37. The highest BCUT2D eigenvalue weighted by Gasteiger charge is 2.20. The molecule has 1 N–H and O–H groups in total. The fraction of sp³-hybridized carbons (Fsp3) is 1.00. The lowest BCUT2D eigenvalue weighted by Crippen LogP contribution is -2.46. The molecule has 0 aliphatic carbocycles. The van der Waals surface area contributed by atoms with Crippen molar-refractivity contribution in [1.82, 2.24) is 0 Å². The maximum atomic E-state index is 2.61. The van der Waals surface area contributed by atoms with E-state index < -0.39 is 0 Å². The van der Waals surface area contributed by atoms with E-state index in [9.17, 15) is 0 Å². The molecule has 0 radical (unpaired) electrons. The summed E-state index contributed by atoms with van der Waals surface area (Å²) in [7, 11) is 2.61. The first kappa shape index (κ1) is 44.0. The molecule has 0 aromatic heterocycles. The van der Waals surface area contributed by atoms with E-state index in [1.165, 1.54) is 236 Å². The minimum Gasteiger partial charge on any atom is -0.870 e. The summed E-state index contributed by atoms with van der Waals surface area (Å²) in [5.41, 5.74) is 0. The predicted molar refractivity (Wildman–Crippen MR) is 192 cm³/mol. The Morgan fingerprint density at radius 1 is 0.238 bits per heavy atom. The molecule has 0 fully saturated rings. The monoisotopic (exact) mass is 596 g/mol. The molecule has 0 aliphatic heterocycles. The molecule has 0 rings (SSSR count). The minimum atomic E-state index is 0. The Labute approximate surface area is 268 Å². The van der Waals surface area contributed by atoms with Gasteiger partial charge in [-0.25, -0.2) is 0 Å². The first-order valence-electron chi connectivity index (χ1n) is 20.0. The number of rotatable bonds is 36. The van der Waals surface area contributed by atoms with Gasteiger partial charge in [-0.3, -0.25) is 0 Å². The van der Waals surface area contributed by atoms with Gasteiger partial charge in [-0.1, -0.05) is 194 Å². The molecule has 0 spiro atoms. The number of unbranched alkanes of at least 4 members (excludes halogenated alkanes) is 30. The molecule has 0 saturated heterocycles. The Morgan fingerprint density at radius 2 is 0.381 bits per heavy atom. The van der Waals surface area contributed by atoms with E-state index in [-0.39, 0.29) is 5.48 Å². The molecular weight excluding hydrogens is 510 g/mol. The maximum Gasteiger partial charge on any atom is 0.0784 e.